The van der Waals surface area contributed by atoms with E-state index in [0.717, 1.165) is 16.3 Å². The van der Waals surface area contributed by atoms with Crippen LogP contribution in [0.4, 0.5) is 4.39 Å². The molecular weight excluding hydrogens is 457 g/mol. The molecule has 10 nitrogen and oxygen atoms in total. The van der Waals surface area contributed by atoms with E-state index in [1.807, 2.05) is 0 Å². The maximum absolute atomic E-state index is 13.2. The Morgan fingerprint density at radius 2 is 1.94 bits per heavy atom. The average Bonchev–Trinajstić information content (AvgIpc) is 2.80. The Hall–Kier alpha value is -3.80. The SMILES string of the molecule is CNC(O)c1c(O)c2ncc(Cc3ccc(F)cc3)cc2n(/C=C(\O)C(=O)NCC(C)(C)N)c1=O. The molecule has 1 unspecified atom stereocenters. The van der Waals surface area contributed by atoms with Gasteiger partial charge < -0.3 is 26.4 Å². The first-order chi connectivity index (χ1) is 16.4. The van der Waals surface area contributed by atoms with Gasteiger partial charge in [0.05, 0.1) is 11.7 Å². The standard InChI is InChI=1S/C24H28FN5O5/c1-24(2,26)12-29-21(33)17(31)11-30-16-9-14(8-13-4-6-15(25)7-5-13)10-28-19(16)20(32)18(23(30)35)22(34)27-3/h4-7,9-11,22,27,31-32,34H,8,12,26H2,1-3H3,(H,29,33)/b17-11-. The molecule has 0 aliphatic rings. The molecule has 2 heterocycles. The summed E-state index contributed by atoms with van der Waals surface area (Å²) < 4.78 is 14.2. The predicted molar refractivity (Wildman–Crippen MR) is 129 cm³/mol. The van der Waals surface area contributed by atoms with Crippen molar-refractivity contribution in [2.75, 3.05) is 13.6 Å². The second-order valence-electron chi connectivity index (χ2n) is 8.83. The zero-order valence-corrected chi connectivity index (χ0v) is 19.5. The van der Waals surface area contributed by atoms with Crippen LogP contribution in [0.5, 0.6) is 5.75 Å². The number of nitrogens with zero attached hydrogens (tertiary/aromatic N) is 2. The number of carbonyl (C=O) groups is 1. The number of hydrogen-bond donors (Lipinski definition) is 6. The summed E-state index contributed by atoms with van der Waals surface area (Å²) in [5.41, 5.74) is 5.25. The first-order valence-electron chi connectivity index (χ1n) is 10.7. The Bertz CT molecular complexity index is 1330. The summed E-state index contributed by atoms with van der Waals surface area (Å²) in [6.45, 7) is 3.43. The van der Waals surface area contributed by atoms with Crippen molar-refractivity contribution in [2.45, 2.75) is 32.0 Å². The summed E-state index contributed by atoms with van der Waals surface area (Å²) >= 11 is 0. The summed E-state index contributed by atoms with van der Waals surface area (Å²) in [4.78, 5) is 29.8. The van der Waals surface area contributed by atoms with Crippen molar-refractivity contribution < 1.29 is 24.5 Å². The van der Waals surface area contributed by atoms with Crippen LogP contribution in [0, 0.1) is 5.82 Å². The van der Waals surface area contributed by atoms with Gasteiger partial charge in [0.1, 0.15) is 23.1 Å². The number of aromatic hydroxyl groups is 1. The van der Waals surface area contributed by atoms with Gasteiger partial charge in [-0.2, -0.15) is 0 Å². The highest BCUT2D eigenvalue weighted by Crippen LogP contribution is 2.29. The molecule has 1 atom stereocenters. The van der Waals surface area contributed by atoms with Gasteiger partial charge in [0.15, 0.2) is 11.5 Å². The minimum atomic E-state index is -1.54. The van der Waals surface area contributed by atoms with Crippen molar-refractivity contribution in [1.29, 1.82) is 0 Å². The van der Waals surface area contributed by atoms with Crippen LogP contribution in [0.15, 0.2) is 47.1 Å². The van der Waals surface area contributed by atoms with Crippen molar-refractivity contribution in [3.8, 4) is 5.75 Å². The fourth-order valence-corrected chi connectivity index (χ4v) is 3.36. The molecule has 0 aliphatic heterocycles. The molecule has 35 heavy (non-hydrogen) atoms. The Morgan fingerprint density at radius 1 is 1.29 bits per heavy atom. The van der Waals surface area contributed by atoms with Gasteiger partial charge in [-0.05, 0) is 56.6 Å². The number of nitrogens with two attached hydrogens (primary N) is 1. The highest BCUT2D eigenvalue weighted by Gasteiger charge is 2.23. The first-order valence-corrected chi connectivity index (χ1v) is 10.7. The summed E-state index contributed by atoms with van der Waals surface area (Å²) in [5.74, 6) is -2.59. The van der Waals surface area contributed by atoms with Gasteiger partial charge in [-0.15, -0.1) is 0 Å². The fourth-order valence-electron chi connectivity index (χ4n) is 3.36. The average molecular weight is 486 g/mol. The molecule has 0 radical (unpaired) electrons. The molecule has 0 bridgehead atoms. The van der Waals surface area contributed by atoms with Crippen LogP contribution in [0.25, 0.3) is 17.2 Å². The second-order valence-corrected chi connectivity index (χ2v) is 8.83. The third-order valence-electron chi connectivity index (χ3n) is 5.17. The van der Waals surface area contributed by atoms with Crippen molar-refractivity contribution in [2.24, 2.45) is 5.73 Å². The lowest BCUT2D eigenvalue weighted by Crippen LogP contribution is -2.45. The van der Waals surface area contributed by atoms with Gasteiger partial charge in [-0.1, -0.05) is 12.1 Å². The van der Waals surface area contributed by atoms with E-state index >= 15 is 0 Å². The fraction of sp³-hybridized carbons (Fsp3) is 0.292. The maximum Gasteiger partial charge on any atom is 0.287 e. The summed E-state index contributed by atoms with van der Waals surface area (Å²) in [7, 11) is 1.38. The van der Waals surface area contributed by atoms with Crippen LogP contribution in [0.2, 0.25) is 0 Å². The van der Waals surface area contributed by atoms with E-state index < -0.39 is 40.3 Å². The van der Waals surface area contributed by atoms with E-state index in [1.54, 1.807) is 32.0 Å². The van der Waals surface area contributed by atoms with E-state index in [0.29, 0.717) is 12.0 Å². The molecule has 0 saturated carbocycles. The lowest BCUT2D eigenvalue weighted by Gasteiger charge is -2.19. The van der Waals surface area contributed by atoms with Gasteiger partial charge in [-0.3, -0.25) is 24.5 Å². The summed E-state index contributed by atoms with van der Waals surface area (Å²) in [6, 6.07) is 7.39. The lowest BCUT2D eigenvalue weighted by atomic mass is 10.1. The Kier molecular flexibility index (Phi) is 7.54. The highest BCUT2D eigenvalue weighted by atomic mass is 19.1. The molecule has 0 saturated heterocycles. The van der Waals surface area contributed by atoms with Crippen LogP contribution in [-0.4, -0.2) is 49.9 Å². The molecular formula is C24H28FN5O5. The van der Waals surface area contributed by atoms with Gasteiger partial charge in [-0.25, -0.2) is 4.39 Å². The topological polar surface area (TPSA) is 163 Å². The lowest BCUT2D eigenvalue weighted by molar-refractivity contribution is -0.120. The van der Waals surface area contributed by atoms with Crippen LogP contribution in [0.1, 0.15) is 36.8 Å². The molecule has 1 aromatic carbocycles. The number of aromatic nitrogens is 2. The number of amides is 1. The number of nitrogens with one attached hydrogen (secondary N) is 2. The van der Waals surface area contributed by atoms with Crippen LogP contribution < -0.4 is 21.9 Å². The van der Waals surface area contributed by atoms with Crippen LogP contribution >= 0.6 is 0 Å². The first kappa shape index (κ1) is 25.8. The molecule has 3 aromatic rings. The monoisotopic (exact) mass is 485 g/mol. The number of benzene rings is 1. The number of rotatable bonds is 8. The normalized spacial score (nSPS) is 13.1. The number of aliphatic hydroxyl groups excluding tert-OH is 2. The maximum atomic E-state index is 13.2. The number of pyridine rings is 2. The smallest absolute Gasteiger partial charge is 0.287 e. The predicted octanol–water partition coefficient (Wildman–Crippen LogP) is 1.25. The molecule has 1 amide bonds. The van der Waals surface area contributed by atoms with Crippen molar-refractivity contribution in [1.82, 2.24) is 20.2 Å². The quantitative estimate of drug-likeness (QED) is 0.158. The van der Waals surface area contributed by atoms with Crippen molar-refractivity contribution in [3.05, 3.63) is 75.1 Å². The molecule has 0 aliphatic carbocycles. The third kappa shape index (κ3) is 6.01. The number of hydrogen-bond acceptors (Lipinski definition) is 8. The minimum absolute atomic E-state index is 0.0377. The Balaban J connectivity index is 2.15. The third-order valence-corrected chi connectivity index (χ3v) is 5.17. The Morgan fingerprint density at radius 3 is 2.54 bits per heavy atom. The molecule has 186 valence electrons. The van der Waals surface area contributed by atoms with E-state index in [4.69, 9.17) is 5.73 Å². The molecule has 0 fully saturated rings. The highest BCUT2D eigenvalue weighted by molar-refractivity contribution is 5.95. The van der Waals surface area contributed by atoms with Crippen molar-refractivity contribution >= 4 is 23.1 Å². The molecule has 3 rings (SSSR count). The zero-order valence-electron chi connectivity index (χ0n) is 19.5. The van der Waals surface area contributed by atoms with Gasteiger partial charge in [0.2, 0.25) is 0 Å². The zero-order chi connectivity index (χ0) is 25.9. The molecule has 2 aromatic heterocycles. The van der Waals surface area contributed by atoms with E-state index in [9.17, 15) is 29.3 Å². The van der Waals surface area contributed by atoms with Gasteiger partial charge in [0.25, 0.3) is 11.5 Å². The summed E-state index contributed by atoms with van der Waals surface area (Å²) in [5, 5.41) is 36.3. The molecule has 0 spiro atoms. The van der Waals surface area contributed by atoms with E-state index in [-0.39, 0.29) is 23.4 Å². The van der Waals surface area contributed by atoms with E-state index in [2.05, 4.69) is 15.6 Å². The number of carbonyl (C=O) groups excluding carboxylic acids is 1. The molecule has 7 N–H and O–H groups in total. The number of fused-ring (bicyclic) bond motifs is 1. The minimum Gasteiger partial charge on any atom is -0.505 e. The largest absolute Gasteiger partial charge is 0.505 e. The second kappa shape index (κ2) is 10.2. The number of aliphatic hydroxyl groups is 2. The Labute approximate surface area is 200 Å². The van der Waals surface area contributed by atoms with Gasteiger partial charge >= 0.3 is 0 Å². The number of halogens is 1. The van der Waals surface area contributed by atoms with Crippen LogP contribution in [-0.2, 0) is 11.2 Å². The van der Waals surface area contributed by atoms with E-state index in [1.165, 1.54) is 25.4 Å². The van der Waals surface area contributed by atoms with Gasteiger partial charge in [0, 0.05) is 18.3 Å². The summed E-state index contributed by atoms with van der Waals surface area (Å²) in [6.07, 6.45) is 1.15. The molecule has 11 heteroatoms. The van der Waals surface area contributed by atoms with Crippen LogP contribution in [0.3, 0.4) is 0 Å². The van der Waals surface area contributed by atoms with Crippen molar-refractivity contribution in [3.63, 3.8) is 0 Å².